The van der Waals surface area contributed by atoms with Crippen molar-refractivity contribution in [3.63, 3.8) is 0 Å². The first kappa shape index (κ1) is 11.9. The molecule has 88 valence electrons. The van der Waals surface area contributed by atoms with Gasteiger partial charge < -0.3 is 5.32 Å². The van der Waals surface area contributed by atoms with Gasteiger partial charge in [0.25, 0.3) is 0 Å². The molecule has 0 aliphatic rings. The van der Waals surface area contributed by atoms with E-state index in [1.54, 1.807) is 12.1 Å². The molecule has 3 heteroatoms. The van der Waals surface area contributed by atoms with Crippen LogP contribution < -0.4 is 5.32 Å². The molecule has 1 N–H and O–H groups in total. The lowest BCUT2D eigenvalue weighted by molar-refractivity contribution is 0.628. The highest BCUT2D eigenvalue weighted by Gasteiger charge is 2.00. The van der Waals surface area contributed by atoms with Crippen molar-refractivity contribution in [2.24, 2.45) is 0 Å². The Bertz CT molecular complexity index is 525. The Kier molecular flexibility index (Phi) is 3.64. The average Bonchev–Trinajstić information content (AvgIpc) is 2.31. The lowest BCUT2D eigenvalue weighted by Gasteiger charge is -2.07. The molecule has 2 aromatic carbocycles. The van der Waals surface area contributed by atoms with E-state index in [1.165, 1.54) is 17.2 Å². The molecular formula is C14H13ClFN. The molecule has 0 aliphatic heterocycles. The summed E-state index contributed by atoms with van der Waals surface area (Å²) in [5.74, 6) is -0.396. The molecule has 0 aromatic heterocycles. The summed E-state index contributed by atoms with van der Waals surface area (Å²) in [5.41, 5.74) is 3.23. The Hall–Kier alpha value is -1.54. The first-order valence-electron chi connectivity index (χ1n) is 5.39. The van der Waals surface area contributed by atoms with Crippen LogP contribution in [-0.4, -0.2) is 0 Å². The minimum absolute atomic E-state index is 0.138. The zero-order chi connectivity index (χ0) is 12.3. The first-order chi connectivity index (χ1) is 8.15. The largest absolute Gasteiger partial charge is 0.381 e. The molecule has 17 heavy (non-hydrogen) atoms. The summed E-state index contributed by atoms with van der Waals surface area (Å²) in [4.78, 5) is 0. The molecule has 0 atom stereocenters. The molecular weight excluding hydrogens is 237 g/mol. The summed E-state index contributed by atoms with van der Waals surface area (Å²) in [7, 11) is 0. The van der Waals surface area contributed by atoms with Gasteiger partial charge in [-0.05, 0) is 30.7 Å². The Morgan fingerprint density at radius 1 is 1.18 bits per heavy atom. The topological polar surface area (TPSA) is 12.0 Å². The number of anilines is 1. The van der Waals surface area contributed by atoms with Gasteiger partial charge in [0, 0.05) is 12.2 Å². The van der Waals surface area contributed by atoms with Crippen LogP contribution in [0.2, 0.25) is 5.02 Å². The second-order valence-corrected chi connectivity index (χ2v) is 4.38. The number of hydrogen-bond acceptors (Lipinski definition) is 1. The van der Waals surface area contributed by atoms with Crippen LogP contribution in [0.3, 0.4) is 0 Å². The van der Waals surface area contributed by atoms with E-state index >= 15 is 0 Å². The van der Waals surface area contributed by atoms with Crippen molar-refractivity contribution in [2.75, 3.05) is 5.32 Å². The highest BCUT2D eigenvalue weighted by atomic mass is 35.5. The highest BCUT2D eigenvalue weighted by molar-refractivity contribution is 6.31. The Morgan fingerprint density at radius 2 is 2.00 bits per heavy atom. The second kappa shape index (κ2) is 5.19. The minimum Gasteiger partial charge on any atom is -0.381 e. The van der Waals surface area contributed by atoms with Crippen molar-refractivity contribution in [1.82, 2.24) is 0 Å². The Labute approximate surface area is 105 Å². The molecule has 0 aliphatic carbocycles. The van der Waals surface area contributed by atoms with Gasteiger partial charge in [-0.1, -0.05) is 41.4 Å². The molecule has 2 rings (SSSR count). The number of nitrogens with one attached hydrogen (secondary N) is 1. The summed E-state index contributed by atoms with van der Waals surface area (Å²) < 4.78 is 13.0. The molecule has 0 saturated carbocycles. The standard InChI is InChI=1S/C14H13ClFN/c1-10-3-2-4-11(7-10)9-17-12-5-6-14(16)13(15)8-12/h2-8,17H,9H2,1H3. The fourth-order valence-corrected chi connectivity index (χ4v) is 1.81. The van der Waals surface area contributed by atoms with Crippen molar-refractivity contribution in [1.29, 1.82) is 0 Å². The normalized spacial score (nSPS) is 10.3. The van der Waals surface area contributed by atoms with Crippen molar-refractivity contribution in [2.45, 2.75) is 13.5 Å². The predicted molar refractivity (Wildman–Crippen MR) is 69.9 cm³/mol. The molecule has 0 spiro atoms. The third-order valence-corrected chi connectivity index (χ3v) is 2.79. The van der Waals surface area contributed by atoms with Crippen LogP contribution in [0.15, 0.2) is 42.5 Å². The van der Waals surface area contributed by atoms with Crippen LogP contribution in [0.5, 0.6) is 0 Å². The number of benzene rings is 2. The lowest BCUT2D eigenvalue weighted by Crippen LogP contribution is -1.99. The van der Waals surface area contributed by atoms with Gasteiger partial charge in [-0.15, -0.1) is 0 Å². The van der Waals surface area contributed by atoms with Gasteiger partial charge in [0.1, 0.15) is 5.82 Å². The summed E-state index contributed by atoms with van der Waals surface area (Å²) in [5, 5.41) is 3.34. The highest BCUT2D eigenvalue weighted by Crippen LogP contribution is 2.19. The van der Waals surface area contributed by atoms with E-state index in [-0.39, 0.29) is 5.02 Å². The molecule has 0 radical (unpaired) electrons. The van der Waals surface area contributed by atoms with Crippen LogP contribution in [-0.2, 0) is 6.54 Å². The van der Waals surface area contributed by atoms with Crippen molar-refractivity contribution < 1.29 is 4.39 Å². The Morgan fingerprint density at radius 3 is 2.71 bits per heavy atom. The monoisotopic (exact) mass is 249 g/mol. The van der Waals surface area contributed by atoms with Gasteiger partial charge in [-0.3, -0.25) is 0 Å². The lowest BCUT2D eigenvalue weighted by atomic mass is 10.1. The van der Waals surface area contributed by atoms with Crippen molar-refractivity contribution >= 4 is 17.3 Å². The quantitative estimate of drug-likeness (QED) is 0.850. The van der Waals surface area contributed by atoms with Crippen molar-refractivity contribution in [3.8, 4) is 0 Å². The van der Waals surface area contributed by atoms with E-state index in [1.807, 2.05) is 12.1 Å². The maximum atomic E-state index is 13.0. The van der Waals surface area contributed by atoms with E-state index in [0.717, 1.165) is 5.69 Å². The van der Waals surface area contributed by atoms with Crippen LogP contribution in [0.4, 0.5) is 10.1 Å². The maximum absolute atomic E-state index is 13.0. The fourth-order valence-electron chi connectivity index (χ4n) is 1.63. The van der Waals surface area contributed by atoms with E-state index in [9.17, 15) is 4.39 Å². The van der Waals surface area contributed by atoms with Crippen LogP contribution in [0.1, 0.15) is 11.1 Å². The molecule has 0 bridgehead atoms. The second-order valence-electron chi connectivity index (χ2n) is 3.97. The van der Waals surface area contributed by atoms with Gasteiger partial charge in [-0.25, -0.2) is 4.39 Å². The number of hydrogen-bond donors (Lipinski definition) is 1. The van der Waals surface area contributed by atoms with Gasteiger partial charge in [0.05, 0.1) is 5.02 Å². The third-order valence-electron chi connectivity index (χ3n) is 2.50. The van der Waals surface area contributed by atoms with Gasteiger partial charge in [0.15, 0.2) is 0 Å². The van der Waals surface area contributed by atoms with Gasteiger partial charge in [-0.2, -0.15) is 0 Å². The summed E-state index contributed by atoms with van der Waals surface area (Å²) >= 11 is 5.71. The van der Waals surface area contributed by atoms with Crippen LogP contribution in [0.25, 0.3) is 0 Å². The molecule has 1 nitrogen and oxygen atoms in total. The summed E-state index contributed by atoms with van der Waals surface area (Å²) in [6.07, 6.45) is 0. The van der Waals surface area contributed by atoms with Crippen LogP contribution >= 0.6 is 11.6 Å². The van der Waals surface area contributed by atoms with E-state index in [2.05, 4.69) is 24.4 Å². The minimum atomic E-state index is -0.396. The fraction of sp³-hybridized carbons (Fsp3) is 0.143. The maximum Gasteiger partial charge on any atom is 0.141 e. The van der Waals surface area contributed by atoms with Gasteiger partial charge >= 0.3 is 0 Å². The smallest absolute Gasteiger partial charge is 0.141 e. The van der Waals surface area contributed by atoms with Crippen molar-refractivity contribution in [3.05, 3.63) is 64.4 Å². The first-order valence-corrected chi connectivity index (χ1v) is 5.77. The Balaban J connectivity index is 2.05. The summed E-state index contributed by atoms with van der Waals surface area (Å²) in [6, 6.07) is 12.9. The predicted octanol–water partition coefficient (Wildman–Crippen LogP) is 4.40. The molecule has 0 fully saturated rings. The molecule has 0 unspecified atom stereocenters. The third kappa shape index (κ3) is 3.21. The number of halogens is 2. The molecule has 0 amide bonds. The average molecular weight is 250 g/mol. The number of aryl methyl sites for hydroxylation is 1. The van der Waals surface area contributed by atoms with E-state index in [4.69, 9.17) is 11.6 Å². The van der Waals surface area contributed by atoms with Gasteiger partial charge in [0.2, 0.25) is 0 Å². The van der Waals surface area contributed by atoms with Crippen LogP contribution in [0, 0.1) is 12.7 Å². The van der Waals surface area contributed by atoms with E-state index < -0.39 is 5.82 Å². The molecule has 0 saturated heterocycles. The molecule has 2 aromatic rings. The van der Waals surface area contributed by atoms with E-state index in [0.29, 0.717) is 6.54 Å². The summed E-state index contributed by atoms with van der Waals surface area (Å²) in [6.45, 7) is 2.75. The number of rotatable bonds is 3. The SMILES string of the molecule is Cc1cccc(CNc2ccc(F)c(Cl)c2)c1. The molecule has 0 heterocycles. The zero-order valence-corrected chi connectivity index (χ0v) is 10.3. The zero-order valence-electron chi connectivity index (χ0n) is 9.50.